The monoisotopic (exact) mass is 294 g/mol. The van der Waals surface area contributed by atoms with Gasteiger partial charge in [-0.05, 0) is 30.4 Å². The molecule has 3 rings (SSSR count). The van der Waals surface area contributed by atoms with Crippen molar-refractivity contribution in [3.8, 4) is 0 Å². The van der Waals surface area contributed by atoms with Crippen LogP contribution in [0.2, 0.25) is 5.02 Å². The van der Waals surface area contributed by atoms with Gasteiger partial charge in [-0.25, -0.2) is 0 Å². The molecule has 108 valence electrons. The normalized spacial score (nSPS) is 24.5. The van der Waals surface area contributed by atoms with Crippen LogP contribution in [0.1, 0.15) is 38.4 Å². The van der Waals surface area contributed by atoms with Crippen molar-refractivity contribution >= 4 is 28.9 Å². The van der Waals surface area contributed by atoms with Crippen LogP contribution in [0, 0.1) is 5.41 Å². The van der Waals surface area contributed by atoms with Crippen molar-refractivity contribution in [1.29, 1.82) is 0 Å². The lowest BCUT2D eigenvalue weighted by Gasteiger charge is -2.38. The number of nitrogens with zero attached hydrogens (tertiary/aromatic N) is 1. The third kappa shape index (κ3) is 2.27. The van der Waals surface area contributed by atoms with E-state index in [1.165, 1.54) is 0 Å². The maximum absolute atomic E-state index is 11.5. The van der Waals surface area contributed by atoms with Crippen LogP contribution in [-0.4, -0.2) is 24.1 Å². The number of hydrogen-bond acceptors (Lipinski definition) is 3. The van der Waals surface area contributed by atoms with E-state index in [1.807, 2.05) is 6.07 Å². The molecule has 1 aromatic rings. The first-order valence-corrected chi connectivity index (χ1v) is 7.32. The molecule has 1 fully saturated rings. The molecule has 2 N–H and O–H groups in total. The van der Waals surface area contributed by atoms with E-state index < -0.39 is 6.10 Å². The average Bonchev–Trinajstić information content (AvgIpc) is 2.65. The Labute approximate surface area is 123 Å². The molecule has 2 heterocycles. The number of aliphatic hydroxyl groups is 1. The van der Waals surface area contributed by atoms with Crippen LogP contribution in [0.5, 0.6) is 0 Å². The highest BCUT2D eigenvalue weighted by molar-refractivity contribution is 6.33. The second kappa shape index (κ2) is 4.64. The first-order chi connectivity index (χ1) is 9.37. The van der Waals surface area contributed by atoms with E-state index in [0.29, 0.717) is 21.7 Å². The van der Waals surface area contributed by atoms with Gasteiger partial charge in [0.25, 0.3) is 5.91 Å². The molecule has 0 spiro atoms. The SMILES string of the molecule is CC1(C)CCN(c2cc3c(cc2Cl)C(O)C(=O)N3)CC1. The van der Waals surface area contributed by atoms with E-state index in [0.717, 1.165) is 31.6 Å². The molecular weight excluding hydrogens is 276 g/mol. The Balaban J connectivity index is 1.89. The standard InChI is InChI=1S/C15H19ClN2O2/c1-15(2)3-5-18(6-4-15)12-8-11-9(7-10(12)16)13(19)14(20)17-11/h7-8,13,19H,3-6H2,1-2H3,(H,17,20). The summed E-state index contributed by atoms with van der Waals surface area (Å²) in [5.74, 6) is -0.381. The van der Waals surface area contributed by atoms with Gasteiger partial charge in [0.05, 0.1) is 10.7 Å². The summed E-state index contributed by atoms with van der Waals surface area (Å²) in [6.07, 6.45) is 1.14. The third-order valence-electron chi connectivity index (χ3n) is 4.38. The molecule has 0 aromatic heterocycles. The van der Waals surface area contributed by atoms with Crippen molar-refractivity contribution < 1.29 is 9.90 Å². The molecule has 2 aliphatic rings. The number of hydrogen-bond donors (Lipinski definition) is 2. The predicted octanol–water partition coefficient (Wildman–Crippen LogP) is 2.95. The number of carbonyl (C=O) groups is 1. The zero-order valence-corrected chi connectivity index (χ0v) is 12.5. The highest BCUT2D eigenvalue weighted by Gasteiger charge is 2.31. The Morgan fingerprint density at radius 3 is 2.65 bits per heavy atom. The zero-order chi connectivity index (χ0) is 14.5. The minimum atomic E-state index is -1.10. The Hall–Kier alpha value is -1.26. The molecule has 5 heteroatoms. The molecule has 0 bridgehead atoms. The molecule has 0 aliphatic carbocycles. The van der Waals surface area contributed by atoms with Gasteiger partial charge >= 0.3 is 0 Å². The molecule has 1 unspecified atom stereocenters. The van der Waals surface area contributed by atoms with Gasteiger partial charge < -0.3 is 15.3 Å². The fourth-order valence-corrected chi connectivity index (χ4v) is 3.14. The number of benzene rings is 1. The highest BCUT2D eigenvalue weighted by atomic mass is 35.5. The molecular formula is C15H19ClN2O2. The number of fused-ring (bicyclic) bond motifs is 1. The first kappa shape index (κ1) is 13.7. The van der Waals surface area contributed by atoms with Crippen molar-refractivity contribution in [1.82, 2.24) is 0 Å². The Morgan fingerprint density at radius 2 is 2.00 bits per heavy atom. The number of piperidine rings is 1. The van der Waals surface area contributed by atoms with Crippen molar-refractivity contribution in [3.63, 3.8) is 0 Å². The van der Waals surface area contributed by atoms with Gasteiger partial charge in [-0.3, -0.25) is 4.79 Å². The predicted molar refractivity (Wildman–Crippen MR) is 80.3 cm³/mol. The number of halogens is 1. The highest BCUT2D eigenvalue weighted by Crippen LogP contribution is 2.41. The van der Waals surface area contributed by atoms with Crippen molar-refractivity contribution in [3.05, 3.63) is 22.7 Å². The molecule has 1 saturated heterocycles. The van der Waals surface area contributed by atoms with Gasteiger partial charge in [0.1, 0.15) is 0 Å². The van der Waals surface area contributed by atoms with Crippen molar-refractivity contribution in [2.75, 3.05) is 23.3 Å². The van der Waals surface area contributed by atoms with Crippen LogP contribution in [0.25, 0.3) is 0 Å². The fraction of sp³-hybridized carbons (Fsp3) is 0.533. The number of aliphatic hydroxyl groups excluding tert-OH is 1. The topological polar surface area (TPSA) is 52.6 Å². The molecule has 20 heavy (non-hydrogen) atoms. The summed E-state index contributed by atoms with van der Waals surface area (Å²) in [6, 6.07) is 3.58. The summed E-state index contributed by atoms with van der Waals surface area (Å²) in [6.45, 7) is 6.49. The van der Waals surface area contributed by atoms with Crippen molar-refractivity contribution in [2.24, 2.45) is 5.41 Å². The Kier molecular flexibility index (Phi) is 3.18. The second-order valence-corrected chi connectivity index (χ2v) is 6.84. The average molecular weight is 295 g/mol. The Morgan fingerprint density at radius 1 is 1.35 bits per heavy atom. The van der Waals surface area contributed by atoms with E-state index in [9.17, 15) is 9.90 Å². The van der Waals surface area contributed by atoms with Gasteiger partial charge in [-0.1, -0.05) is 25.4 Å². The molecule has 1 amide bonds. The van der Waals surface area contributed by atoms with Gasteiger partial charge in [0.2, 0.25) is 0 Å². The van der Waals surface area contributed by atoms with Gasteiger partial charge in [-0.2, -0.15) is 0 Å². The molecule has 0 saturated carbocycles. The number of amides is 1. The quantitative estimate of drug-likeness (QED) is 0.837. The minimum Gasteiger partial charge on any atom is -0.378 e. The smallest absolute Gasteiger partial charge is 0.257 e. The number of rotatable bonds is 1. The lowest BCUT2D eigenvalue weighted by atomic mass is 9.82. The molecule has 2 aliphatic heterocycles. The summed E-state index contributed by atoms with van der Waals surface area (Å²) in [5, 5.41) is 13.1. The maximum atomic E-state index is 11.5. The Bertz CT molecular complexity index is 561. The number of carbonyl (C=O) groups excluding carboxylic acids is 1. The lowest BCUT2D eigenvalue weighted by molar-refractivity contribution is -0.123. The van der Waals surface area contributed by atoms with E-state index in [4.69, 9.17) is 11.6 Å². The lowest BCUT2D eigenvalue weighted by Crippen LogP contribution is -2.37. The van der Waals surface area contributed by atoms with E-state index in [2.05, 4.69) is 24.1 Å². The van der Waals surface area contributed by atoms with Gasteiger partial charge in [-0.15, -0.1) is 0 Å². The summed E-state index contributed by atoms with van der Waals surface area (Å²) >= 11 is 6.33. The van der Waals surface area contributed by atoms with Gasteiger partial charge in [0.15, 0.2) is 6.10 Å². The summed E-state index contributed by atoms with van der Waals surface area (Å²) < 4.78 is 0. The van der Waals surface area contributed by atoms with Crippen LogP contribution in [0.15, 0.2) is 12.1 Å². The van der Waals surface area contributed by atoms with Crippen LogP contribution in [-0.2, 0) is 4.79 Å². The zero-order valence-electron chi connectivity index (χ0n) is 11.7. The molecule has 4 nitrogen and oxygen atoms in total. The summed E-state index contributed by atoms with van der Waals surface area (Å²) in [5.41, 5.74) is 2.56. The van der Waals surface area contributed by atoms with E-state index >= 15 is 0 Å². The van der Waals surface area contributed by atoms with Crippen LogP contribution < -0.4 is 10.2 Å². The van der Waals surface area contributed by atoms with Crippen LogP contribution >= 0.6 is 11.6 Å². The third-order valence-corrected chi connectivity index (χ3v) is 4.68. The number of nitrogens with one attached hydrogen (secondary N) is 1. The summed E-state index contributed by atoms with van der Waals surface area (Å²) in [4.78, 5) is 13.8. The second-order valence-electron chi connectivity index (χ2n) is 6.43. The van der Waals surface area contributed by atoms with E-state index in [1.54, 1.807) is 6.07 Å². The first-order valence-electron chi connectivity index (χ1n) is 6.95. The van der Waals surface area contributed by atoms with Crippen LogP contribution in [0.3, 0.4) is 0 Å². The molecule has 1 atom stereocenters. The van der Waals surface area contributed by atoms with Crippen molar-refractivity contribution in [2.45, 2.75) is 32.8 Å². The summed E-state index contributed by atoms with van der Waals surface area (Å²) in [7, 11) is 0. The minimum absolute atomic E-state index is 0.379. The maximum Gasteiger partial charge on any atom is 0.257 e. The van der Waals surface area contributed by atoms with Crippen LogP contribution in [0.4, 0.5) is 11.4 Å². The largest absolute Gasteiger partial charge is 0.378 e. The fourth-order valence-electron chi connectivity index (χ4n) is 2.85. The number of anilines is 2. The van der Waals surface area contributed by atoms with E-state index in [-0.39, 0.29) is 5.91 Å². The molecule has 0 radical (unpaired) electrons. The van der Waals surface area contributed by atoms with Gasteiger partial charge in [0, 0.05) is 24.3 Å². The molecule has 1 aromatic carbocycles.